The molecule has 1 aromatic carbocycles. The second-order valence-corrected chi connectivity index (χ2v) is 6.25. The Labute approximate surface area is 118 Å². The van der Waals surface area contributed by atoms with Crippen LogP contribution in [-0.2, 0) is 5.54 Å². The number of rotatable bonds is 3. The molecule has 0 amide bonds. The molecule has 2 aliphatic rings. The van der Waals surface area contributed by atoms with Gasteiger partial charge in [0.1, 0.15) is 11.6 Å². The van der Waals surface area contributed by atoms with Gasteiger partial charge in [-0.05, 0) is 37.8 Å². The van der Waals surface area contributed by atoms with Gasteiger partial charge in [0.25, 0.3) is 0 Å². The van der Waals surface area contributed by atoms with E-state index in [0.29, 0.717) is 6.04 Å². The molecule has 2 aromatic rings. The smallest absolute Gasteiger partial charge is 0.130 e. The fourth-order valence-corrected chi connectivity index (χ4v) is 3.49. The van der Waals surface area contributed by atoms with E-state index in [1.807, 2.05) is 12.1 Å². The van der Waals surface area contributed by atoms with E-state index in [9.17, 15) is 0 Å². The van der Waals surface area contributed by atoms with Crippen LogP contribution < -0.4 is 10.5 Å². The van der Waals surface area contributed by atoms with Gasteiger partial charge in [-0.25, -0.2) is 4.98 Å². The second kappa shape index (κ2) is 4.22. The molecule has 0 unspecified atom stereocenters. The molecular formula is C16H21N3O. The predicted octanol–water partition coefficient (Wildman–Crippen LogP) is 3.11. The highest BCUT2D eigenvalue weighted by Crippen LogP contribution is 2.44. The third kappa shape index (κ3) is 1.74. The van der Waals surface area contributed by atoms with Crippen LogP contribution >= 0.6 is 0 Å². The zero-order valence-electron chi connectivity index (χ0n) is 11.9. The van der Waals surface area contributed by atoms with E-state index in [0.717, 1.165) is 29.9 Å². The Hall–Kier alpha value is -1.55. The number of ether oxygens (including phenoxy) is 1. The van der Waals surface area contributed by atoms with E-state index in [1.165, 1.54) is 31.2 Å². The van der Waals surface area contributed by atoms with Gasteiger partial charge in [-0.1, -0.05) is 12.8 Å². The van der Waals surface area contributed by atoms with Gasteiger partial charge >= 0.3 is 0 Å². The molecule has 2 saturated carbocycles. The summed E-state index contributed by atoms with van der Waals surface area (Å²) in [6.07, 6.45) is 7.04. The molecule has 0 spiro atoms. The third-order valence-corrected chi connectivity index (χ3v) is 4.75. The molecule has 0 saturated heterocycles. The molecule has 20 heavy (non-hydrogen) atoms. The van der Waals surface area contributed by atoms with Crippen LogP contribution in [-0.4, -0.2) is 16.7 Å². The Morgan fingerprint density at radius 3 is 2.70 bits per heavy atom. The highest BCUT2D eigenvalue weighted by molar-refractivity contribution is 5.78. The summed E-state index contributed by atoms with van der Waals surface area (Å²) < 4.78 is 7.72. The lowest BCUT2D eigenvalue weighted by Gasteiger charge is -2.24. The van der Waals surface area contributed by atoms with E-state index in [4.69, 9.17) is 15.5 Å². The molecule has 4 nitrogen and oxygen atoms in total. The van der Waals surface area contributed by atoms with Crippen molar-refractivity contribution in [3.63, 3.8) is 0 Å². The van der Waals surface area contributed by atoms with Crippen LogP contribution in [0.4, 0.5) is 0 Å². The van der Waals surface area contributed by atoms with Crippen LogP contribution in [0.15, 0.2) is 18.2 Å². The van der Waals surface area contributed by atoms with Gasteiger partial charge in [0, 0.05) is 12.1 Å². The van der Waals surface area contributed by atoms with Crippen molar-refractivity contribution >= 4 is 11.0 Å². The summed E-state index contributed by atoms with van der Waals surface area (Å²) in [5.74, 6) is 1.96. The summed E-state index contributed by atoms with van der Waals surface area (Å²) >= 11 is 0. The van der Waals surface area contributed by atoms with Gasteiger partial charge in [0.15, 0.2) is 0 Å². The van der Waals surface area contributed by atoms with E-state index in [-0.39, 0.29) is 5.54 Å². The van der Waals surface area contributed by atoms with Gasteiger partial charge < -0.3 is 15.0 Å². The number of benzene rings is 1. The number of methoxy groups -OCH3 is 1. The molecule has 0 atom stereocenters. The van der Waals surface area contributed by atoms with Crippen molar-refractivity contribution in [2.24, 2.45) is 5.73 Å². The number of nitrogens with two attached hydrogens (primary N) is 1. The average Bonchev–Trinajstić information content (AvgIpc) is 3.08. The molecular weight excluding hydrogens is 250 g/mol. The first kappa shape index (κ1) is 12.2. The second-order valence-electron chi connectivity index (χ2n) is 6.25. The number of hydrogen-bond donors (Lipinski definition) is 1. The summed E-state index contributed by atoms with van der Waals surface area (Å²) in [4.78, 5) is 4.89. The maximum absolute atomic E-state index is 6.67. The summed E-state index contributed by atoms with van der Waals surface area (Å²) in [7, 11) is 1.70. The first-order chi connectivity index (χ1) is 9.71. The molecule has 0 aliphatic heterocycles. The highest BCUT2D eigenvalue weighted by Gasteiger charge is 2.39. The molecule has 1 heterocycles. The lowest BCUT2D eigenvalue weighted by molar-refractivity contribution is 0.411. The van der Waals surface area contributed by atoms with Crippen LogP contribution in [0.2, 0.25) is 0 Å². The average molecular weight is 271 g/mol. The molecule has 4 rings (SSSR count). The van der Waals surface area contributed by atoms with Crippen LogP contribution in [0.25, 0.3) is 11.0 Å². The minimum absolute atomic E-state index is 0.227. The zero-order chi connectivity index (χ0) is 13.7. The summed E-state index contributed by atoms with van der Waals surface area (Å²) in [5, 5.41) is 0. The Balaban J connectivity index is 1.92. The normalized spacial score (nSPS) is 21.5. The first-order valence-corrected chi connectivity index (χ1v) is 7.57. The Kier molecular flexibility index (Phi) is 2.58. The van der Waals surface area contributed by atoms with Crippen molar-refractivity contribution in [2.45, 2.75) is 50.1 Å². The maximum atomic E-state index is 6.67. The maximum Gasteiger partial charge on any atom is 0.130 e. The minimum atomic E-state index is -0.227. The highest BCUT2D eigenvalue weighted by atomic mass is 16.5. The molecule has 0 bridgehead atoms. The quantitative estimate of drug-likeness (QED) is 0.933. The molecule has 2 aliphatic carbocycles. The number of nitrogens with zero attached hydrogens (tertiary/aromatic N) is 2. The van der Waals surface area contributed by atoms with E-state index in [2.05, 4.69) is 10.6 Å². The fraction of sp³-hybridized carbons (Fsp3) is 0.562. The van der Waals surface area contributed by atoms with E-state index >= 15 is 0 Å². The van der Waals surface area contributed by atoms with Gasteiger partial charge in [-0.3, -0.25) is 0 Å². The van der Waals surface area contributed by atoms with Crippen molar-refractivity contribution in [1.29, 1.82) is 0 Å². The van der Waals surface area contributed by atoms with Crippen molar-refractivity contribution in [3.05, 3.63) is 24.0 Å². The minimum Gasteiger partial charge on any atom is -0.497 e. The monoisotopic (exact) mass is 271 g/mol. The summed E-state index contributed by atoms with van der Waals surface area (Å²) in [6, 6.07) is 6.77. The largest absolute Gasteiger partial charge is 0.497 e. The van der Waals surface area contributed by atoms with Crippen molar-refractivity contribution in [3.8, 4) is 5.75 Å². The van der Waals surface area contributed by atoms with Crippen molar-refractivity contribution in [2.75, 3.05) is 7.11 Å². The number of imidazole rings is 1. The topological polar surface area (TPSA) is 53.1 Å². The first-order valence-electron chi connectivity index (χ1n) is 7.57. The van der Waals surface area contributed by atoms with Gasteiger partial charge in [0.05, 0.1) is 23.7 Å². The molecule has 1 aromatic heterocycles. The predicted molar refractivity (Wildman–Crippen MR) is 78.9 cm³/mol. The molecule has 2 N–H and O–H groups in total. The standard InChI is InChI=1S/C16H21N3O/c1-20-12-6-7-14-13(10-12)18-15(19(14)11-4-5-11)16(17)8-2-3-9-16/h6-7,10-11H,2-5,8-9,17H2,1H3. The van der Waals surface area contributed by atoms with Gasteiger partial charge in [-0.2, -0.15) is 0 Å². The van der Waals surface area contributed by atoms with Crippen molar-refractivity contribution in [1.82, 2.24) is 9.55 Å². The molecule has 106 valence electrons. The lowest BCUT2D eigenvalue weighted by Crippen LogP contribution is -2.36. The molecule has 4 heteroatoms. The van der Waals surface area contributed by atoms with E-state index in [1.54, 1.807) is 7.11 Å². The Morgan fingerprint density at radius 1 is 1.30 bits per heavy atom. The van der Waals surface area contributed by atoms with Crippen LogP contribution in [0, 0.1) is 0 Å². The third-order valence-electron chi connectivity index (χ3n) is 4.75. The fourth-order valence-electron chi connectivity index (χ4n) is 3.49. The Morgan fingerprint density at radius 2 is 2.05 bits per heavy atom. The summed E-state index contributed by atoms with van der Waals surface area (Å²) in [5.41, 5.74) is 8.66. The lowest BCUT2D eigenvalue weighted by atomic mass is 9.98. The van der Waals surface area contributed by atoms with Crippen LogP contribution in [0.5, 0.6) is 5.75 Å². The zero-order valence-corrected chi connectivity index (χ0v) is 11.9. The number of hydrogen-bond acceptors (Lipinski definition) is 3. The van der Waals surface area contributed by atoms with Crippen LogP contribution in [0.1, 0.15) is 50.4 Å². The molecule has 2 fully saturated rings. The van der Waals surface area contributed by atoms with E-state index < -0.39 is 0 Å². The SMILES string of the molecule is COc1ccc2c(c1)nc(C1(N)CCCC1)n2C1CC1. The number of fused-ring (bicyclic) bond motifs is 1. The van der Waals surface area contributed by atoms with Crippen LogP contribution in [0.3, 0.4) is 0 Å². The number of aromatic nitrogens is 2. The molecule has 0 radical (unpaired) electrons. The Bertz CT molecular complexity index is 651. The van der Waals surface area contributed by atoms with Crippen molar-refractivity contribution < 1.29 is 4.74 Å². The summed E-state index contributed by atoms with van der Waals surface area (Å²) in [6.45, 7) is 0. The van der Waals surface area contributed by atoms with Gasteiger partial charge in [-0.15, -0.1) is 0 Å². The van der Waals surface area contributed by atoms with Gasteiger partial charge in [0.2, 0.25) is 0 Å².